The highest BCUT2D eigenvalue weighted by atomic mass is 35.5. The van der Waals surface area contributed by atoms with E-state index in [0.29, 0.717) is 10.6 Å². The number of methoxy groups -OCH3 is 1. The Kier molecular flexibility index (Phi) is 3.33. The number of phenolic OH excluding ortho intramolecular Hbond substituents is 1. The first-order valence-electron chi connectivity index (χ1n) is 5.71. The number of benzene rings is 1. The van der Waals surface area contributed by atoms with E-state index in [4.69, 9.17) is 16.3 Å². The Morgan fingerprint density at radius 3 is 2.67 bits per heavy atom. The highest BCUT2D eigenvalue weighted by molar-refractivity contribution is 6.32. The standard InChI is InChI=1S/C13H14ClNO3/c1-8-6-9(14)12(18-2)11(17)10(8)13(15-7-16)4-3-5-13/h6,17H,3-5H2,1-2H3. The van der Waals surface area contributed by atoms with Gasteiger partial charge in [-0.15, -0.1) is 0 Å². The van der Waals surface area contributed by atoms with Crippen LogP contribution in [0.2, 0.25) is 5.02 Å². The summed E-state index contributed by atoms with van der Waals surface area (Å²) in [6.45, 7) is 1.83. The molecule has 1 N–H and O–H groups in total. The van der Waals surface area contributed by atoms with Crippen LogP contribution in [0.5, 0.6) is 11.5 Å². The molecule has 0 aliphatic heterocycles. The van der Waals surface area contributed by atoms with Crippen molar-refractivity contribution in [2.45, 2.75) is 31.7 Å². The molecule has 4 nitrogen and oxygen atoms in total. The summed E-state index contributed by atoms with van der Waals surface area (Å²) in [5, 5.41) is 10.6. The first-order chi connectivity index (χ1) is 8.55. The molecule has 1 saturated carbocycles. The van der Waals surface area contributed by atoms with E-state index in [-0.39, 0.29) is 11.5 Å². The summed E-state index contributed by atoms with van der Waals surface area (Å²) in [7, 11) is 1.44. The van der Waals surface area contributed by atoms with Gasteiger partial charge < -0.3 is 9.84 Å². The summed E-state index contributed by atoms with van der Waals surface area (Å²) in [6, 6.07) is 1.72. The predicted octanol–water partition coefficient (Wildman–Crippen LogP) is 3.08. The smallest absolute Gasteiger partial charge is 0.235 e. The quantitative estimate of drug-likeness (QED) is 0.676. The normalized spacial score (nSPS) is 16.6. The molecule has 0 radical (unpaired) electrons. The minimum absolute atomic E-state index is 0.0267. The average Bonchev–Trinajstić information content (AvgIpc) is 2.25. The maximum absolute atomic E-state index is 10.6. The summed E-state index contributed by atoms with van der Waals surface area (Å²) in [6.07, 6.45) is 4.02. The van der Waals surface area contributed by atoms with Gasteiger partial charge in [-0.2, -0.15) is 4.99 Å². The first kappa shape index (κ1) is 12.9. The van der Waals surface area contributed by atoms with Crippen molar-refractivity contribution in [3.8, 4) is 11.5 Å². The highest BCUT2D eigenvalue weighted by Crippen LogP contribution is 2.52. The fourth-order valence-electron chi connectivity index (χ4n) is 2.54. The second-order valence-electron chi connectivity index (χ2n) is 4.52. The number of nitrogens with zero attached hydrogens (tertiary/aromatic N) is 1. The van der Waals surface area contributed by atoms with Gasteiger partial charge in [-0.1, -0.05) is 11.6 Å². The fourth-order valence-corrected chi connectivity index (χ4v) is 2.87. The average molecular weight is 268 g/mol. The monoisotopic (exact) mass is 267 g/mol. The molecule has 0 bridgehead atoms. The van der Waals surface area contributed by atoms with Gasteiger partial charge in [0.25, 0.3) is 0 Å². The lowest BCUT2D eigenvalue weighted by Gasteiger charge is -2.38. The van der Waals surface area contributed by atoms with Crippen molar-refractivity contribution in [1.82, 2.24) is 0 Å². The lowest BCUT2D eigenvalue weighted by Crippen LogP contribution is -2.32. The zero-order chi connectivity index (χ0) is 13.3. The second-order valence-corrected chi connectivity index (χ2v) is 4.93. The van der Waals surface area contributed by atoms with Gasteiger partial charge in [-0.3, -0.25) is 0 Å². The number of rotatable bonds is 3. The van der Waals surface area contributed by atoms with E-state index < -0.39 is 5.54 Å². The maximum atomic E-state index is 10.6. The number of hydrogen-bond acceptors (Lipinski definition) is 4. The van der Waals surface area contributed by atoms with Crippen LogP contribution >= 0.6 is 11.6 Å². The van der Waals surface area contributed by atoms with Crippen molar-refractivity contribution < 1.29 is 14.6 Å². The van der Waals surface area contributed by atoms with E-state index in [9.17, 15) is 9.90 Å². The van der Waals surface area contributed by atoms with Crippen molar-refractivity contribution >= 4 is 17.7 Å². The maximum Gasteiger partial charge on any atom is 0.235 e. The Hall–Kier alpha value is -1.51. The van der Waals surface area contributed by atoms with Gasteiger partial charge >= 0.3 is 0 Å². The highest BCUT2D eigenvalue weighted by Gasteiger charge is 2.43. The van der Waals surface area contributed by atoms with Crippen LogP contribution in [0.25, 0.3) is 0 Å². The van der Waals surface area contributed by atoms with Crippen LogP contribution in [0, 0.1) is 6.92 Å². The van der Waals surface area contributed by atoms with Crippen LogP contribution in [-0.4, -0.2) is 18.3 Å². The molecule has 0 spiro atoms. The molecule has 0 amide bonds. The number of aromatic hydroxyl groups is 1. The first-order valence-corrected chi connectivity index (χ1v) is 6.09. The molecule has 0 saturated heterocycles. The molecule has 1 aromatic rings. The van der Waals surface area contributed by atoms with E-state index in [1.807, 2.05) is 6.92 Å². The van der Waals surface area contributed by atoms with Crippen LogP contribution < -0.4 is 4.74 Å². The van der Waals surface area contributed by atoms with Gasteiger partial charge in [0, 0.05) is 5.56 Å². The Balaban J connectivity index is 2.67. The van der Waals surface area contributed by atoms with Crippen LogP contribution in [0.3, 0.4) is 0 Å². The Labute approximate surface area is 110 Å². The van der Waals surface area contributed by atoms with Crippen LogP contribution in [0.15, 0.2) is 11.1 Å². The van der Waals surface area contributed by atoms with Crippen molar-refractivity contribution in [3.63, 3.8) is 0 Å². The topological polar surface area (TPSA) is 58.9 Å². The molecule has 2 rings (SSSR count). The number of aryl methyl sites for hydroxylation is 1. The van der Waals surface area contributed by atoms with Crippen molar-refractivity contribution in [3.05, 3.63) is 22.2 Å². The number of isocyanates is 1. The fraction of sp³-hybridized carbons (Fsp3) is 0.462. The number of halogens is 1. The number of phenols is 1. The van der Waals surface area contributed by atoms with E-state index in [2.05, 4.69) is 4.99 Å². The van der Waals surface area contributed by atoms with Gasteiger partial charge in [-0.05, 0) is 37.8 Å². The molecular formula is C13H14ClNO3. The van der Waals surface area contributed by atoms with Crippen LogP contribution in [-0.2, 0) is 10.3 Å². The Morgan fingerprint density at radius 2 is 2.22 bits per heavy atom. The van der Waals surface area contributed by atoms with Crippen molar-refractivity contribution in [2.75, 3.05) is 7.11 Å². The third-order valence-electron chi connectivity index (χ3n) is 3.52. The van der Waals surface area contributed by atoms with Crippen LogP contribution in [0.4, 0.5) is 0 Å². The van der Waals surface area contributed by atoms with Crippen LogP contribution in [0.1, 0.15) is 30.4 Å². The van der Waals surface area contributed by atoms with E-state index in [1.54, 1.807) is 12.1 Å². The number of carbonyl (C=O) groups excluding carboxylic acids is 1. The van der Waals surface area contributed by atoms with Crippen molar-refractivity contribution in [1.29, 1.82) is 0 Å². The lowest BCUT2D eigenvalue weighted by molar-refractivity contribution is 0.243. The summed E-state index contributed by atoms with van der Waals surface area (Å²) < 4.78 is 5.09. The largest absolute Gasteiger partial charge is 0.504 e. The third kappa shape index (κ3) is 1.78. The zero-order valence-electron chi connectivity index (χ0n) is 10.3. The van der Waals surface area contributed by atoms with Gasteiger partial charge in [0.15, 0.2) is 11.5 Å². The molecule has 1 aliphatic rings. The second kappa shape index (κ2) is 4.63. The summed E-state index contributed by atoms with van der Waals surface area (Å²) in [5.74, 6) is 0.200. The predicted molar refractivity (Wildman–Crippen MR) is 68.1 cm³/mol. The molecule has 0 heterocycles. The Morgan fingerprint density at radius 1 is 1.56 bits per heavy atom. The van der Waals surface area contributed by atoms with Crippen molar-refractivity contribution in [2.24, 2.45) is 4.99 Å². The molecule has 96 valence electrons. The van der Waals surface area contributed by atoms with E-state index in [1.165, 1.54) is 7.11 Å². The summed E-state index contributed by atoms with van der Waals surface area (Å²) in [4.78, 5) is 14.5. The minimum Gasteiger partial charge on any atom is -0.504 e. The van der Waals surface area contributed by atoms with Gasteiger partial charge in [0.2, 0.25) is 6.08 Å². The number of ether oxygens (including phenoxy) is 1. The Bertz CT molecular complexity index is 532. The van der Waals surface area contributed by atoms with Gasteiger partial charge in [0.1, 0.15) is 5.54 Å². The summed E-state index contributed by atoms with van der Waals surface area (Å²) in [5.41, 5.74) is 0.767. The van der Waals surface area contributed by atoms with E-state index >= 15 is 0 Å². The molecule has 0 atom stereocenters. The number of aliphatic imine (C=N–C) groups is 1. The van der Waals surface area contributed by atoms with Gasteiger partial charge in [0.05, 0.1) is 12.1 Å². The van der Waals surface area contributed by atoms with Gasteiger partial charge in [-0.25, -0.2) is 4.79 Å². The molecule has 1 aliphatic carbocycles. The molecular weight excluding hydrogens is 254 g/mol. The molecule has 18 heavy (non-hydrogen) atoms. The number of hydrogen-bond donors (Lipinski definition) is 1. The molecule has 5 heteroatoms. The SMILES string of the molecule is COc1c(Cl)cc(C)c(C2(N=C=O)CCC2)c1O. The summed E-state index contributed by atoms with van der Waals surface area (Å²) >= 11 is 6.00. The lowest BCUT2D eigenvalue weighted by atomic mass is 9.70. The zero-order valence-corrected chi connectivity index (χ0v) is 11.0. The molecule has 1 aromatic carbocycles. The third-order valence-corrected chi connectivity index (χ3v) is 3.80. The van der Waals surface area contributed by atoms with E-state index in [0.717, 1.165) is 24.8 Å². The molecule has 0 aromatic heterocycles. The minimum atomic E-state index is -0.659. The molecule has 1 fully saturated rings. The molecule has 0 unspecified atom stereocenters.